The number of amides is 3. The van der Waals surface area contributed by atoms with Gasteiger partial charge in [0.25, 0.3) is 10.0 Å². The Morgan fingerprint density at radius 1 is 1.06 bits per heavy atom. The number of nitrogens with one attached hydrogen (secondary N) is 3. The van der Waals surface area contributed by atoms with Gasteiger partial charge in [-0.1, -0.05) is 26.0 Å². The topological polar surface area (TPSA) is 108 Å². The number of nitrogens with zero attached hydrogens (tertiary/aromatic N) is 1. The number of hydrogen-bond donors (Lipinski definition) is 3. The quantitative estimate of drug-likeness (QED) is 0.502. The first-order valence-corrected chi connectivity index (χ1v) is 12.6. The van der Waals surface area contributed by atoms with Gasteiger partial charge in [0.1, 0.15) is 4.21 Å². The molecule has 2 aromatic rings. The van der Waals surface area contributed by atoms with Crippen LogP contribution in [0.3, 0.4) is 0 Å². The average molecular weight is 465 g/mol. The number of sulfonamides is 1. The lowest BCUT2D eigenvalue weighted by Crippen LogP contribution is -2.34. The van der Waals surface area contributed by atoms with Crippen LogP contribution in [0.25, 0.3) is 0 Å². The summed E-state index contributed by atoms with van der Waals surface area (Å²) < 4.78 is 26.8. The Kier molecular flexibility index (Phi) is 7.69. The van der Waals surface area contributed by atoms with Crippen LogP contribution in [0, 0.1) is 5.92 Å². The monoisotopic (exact) mass is 464 g/mol. The lowest BCUT2D eigenvalue weighted by Gasteiger charge is -2.16. The van der Waals surface area contributed by atoms with Crippen LogP contribution in [0.4, 0.5) is 10.5 Å². The third-order valence-electron chi connectivity index (χ3n) is 4.96. The van der Waals surface area contributed by atoms with Crippen LogP contribution < -0.4 is 16.0 Å². The van der Waals surface area contributed by atoms with Gasteiger partial charge in [0.15, 0.2) is 0 Å². The molecule has 8 nitrogen and oxygen atoms in total. The fourth-order valence-electron chi connectivity index (χ4n) is 3.04. The zero-order valence-corrected chi connectivity index (χ0v) is 19.3. The van der Waals surface area contributed by atoms with Crippen molar-refractivity contribution >= 4 is 39.0 Å². The minimum absolute atomic E-state index is 0.0428. The first kappa shape index (κ1) is 23.2. The second-order valence-corrected chi connectivity index (χ2v) is 10.6. The van der Waals surface area contributed by atoms with Gasteiger partial charge in [-0.05, 0) is 42.7 Å². The van der Waals surface area contributed by atoms with Crippen molar-refractivity contribution in [1.29, 1.82) is 0 Å². The molecular formula is C21H28N4O4S2. The van der Waals surface area contributed by atoms with Gasteiger partial charge in [-0.25, -0.2) is 13.2 Å². The Balaban J connectivity index is 1.48. The first-order valence-electron chi connectivity index (χ1n) is 10.3. The van der Waals surface area contributed by atoms with E-state index in [4.69, 9.17) is 0 Å². The van der Waals surface area contributed by atoms with Crippen molar-refractivity contribution in [3.05, 3.63) is 46.8 Å². The highest BCUT2D eigenvalue weighted by atomic mass is 32.2. The summed E-state index contributed by atoms with van der Waals surface area (Å²) in [7, 11) is -3.49. The SMILES string of the molecule is CCN(CC)S(=O)(=O)c1ccc(CNC(=O)NCc2cccc(NC(=O)C3CC3)c2)s1. The smallest absolute Gasteiger partial charge is 0.315 e. The van der Waals surface area contributed by atoms with Crippen LogP contribution >= 0.6 is 11.3 Å². The van der Waals surface area contributed by atoms with Crippen molar-refractivity contribution in [2.45, 2.75) is 44.0 Å². The fourth-order valence-corrected chi connectivity index (χ4v) is 5.95. The molecule has 3 amide bonds. The highest BCUT2D eigenvalue weighted by molar-refractivity contribution is 7.91. The Morgan fingerprint density at radius 3 is 2.45 bits per heavy atom. The standard InChI is InChI=1S/C21H28N4O4S2/c1-3-25(4-2)31(28,29)19-11-10-18(30-19)14-23-21(27)22-13-15-6-5-7-17(12-15)24-20(26)16-8-9-16/h5-7,10-12,16H,3-4,8-9,13-14H2,1-2H3,(H,24,26)(H2,22,23,27). The summed E-state index contributed by atoms with van der Waals surface area (Å²) >= 11 is 1.16. The van der Waals surface area contributed by atoms with E-state index in [1.807, 2.05) is 24.3 Å². The Morgan fingerprint density at radius 2 is 1.77 bits per heavy atom. The van der Waals surface area contributed by atoms with Crippen LogP contribution in [-0.4, -0.2) is 37.8 Å². The van der Waals surface area contributed by atoms with Crippen molar-refractivity contribution in [3.8, 4) is 0 Å². The molecular weight excluding hydrogens is 436 g/mol. The lowest BCUT2D eigenvalue weighted by molar-refractivity contribution is -0.117. The van der Waals surface area contributed by atoms with Crippen molar-refractivity contribution in [2.24, 2.45) is 5.92 Å². The summed E-state index contributed by atoms with van der Waals surface area (Å²) in [5.74, 6) is 0.175. The molecule has 0 atom stereocenters. The van der Waals surface area contributed by atoms with E-state index in [2.05, 4.69) is 16.0 Å². The second kappa shape index (κ2) is 10.3. The molecule has 10 heteroatoms. The number of thiophene rings is 1. The van der Waals surface area contributed by atoms with Gasteiger partial charge < -0.3 is 16.0 Å². The van der Waals surface area contributed by atoms with Crippen molar-refractivity contribution < 1.29 is 18.0 Å². The zero-order chi connectivity index (χ0) is 22.4. The number of hydrogen-bond acceptors (Lipinski definition) is 5. The molecule has 3 N–H and O–H groups in total. The van der Waals surface area contributed by atoms with E-state index in [0.29, 0.717) is 19.6 Å². The first-order chi connectivity index (χ1) is 14.8. The average Bonchev–Trinajstić information content (AvgIpc) is 3.49. The lowest BCUT2D eigenvalue weighted by atomic mass is 10.2. The molecule has 168 valence electrons. The van der Waals surface area contributed by atoms with Gasteiger partial charge in [-0.15, -0.1) is 11.3 Å². The Labute approximate surface area is 187 Å². The highest BCUT2D eigenvalue weighted by Crippen LogP contribution is 2.30. The second-order valence-electron chi connectivity index (χ2n) is 7.31. The third-order valence-corrected chi connectivity index (χ3v) is 8.56. The molecule has 0 unspecified atom stereocenters. The maximum atomic E-state index is 12.6. The fraction of sp³-hybridized carbons (Fsp3) is 0.429. The maximum absolute atomic E-state index is 12.6. The van der Waals surface area contributed by atoms with Crippen LogP contribution in [0.2, 0.25) is 0 Å². The molecule has 1 aromatic heterocycles. The van der Waals surface area contributed by atoms with Gasteiger partial charge >= 0.3 is 6.03 Å². The van der Waals surface area contributed by atoms with Crippen molar-refractivity contribution in [2.75, 3.05) is 18.4 Å². The summed E-state index contributed by atoms with van der Waals surface area (Å²) in [5, 5.41) is 8.41. The molecule has 1 aromatic carbocycles. The number of benzene rings is 1. The molecule has 0 spiro atoms. The molecule has 0 bridgehead atoms. The van der Waals surface area contributed by atoms with E-state index in [1.54, 1.807) is 26.0 Å². The van der Waals surface area contributed by atoms with Gasteiger partial charge in [0, 0.05) is 36.1 Å². The number of carbonyl (C=O) groups excluding carboxylic acids is 2. The molecule has 0 saturated heterocycles. The molecule has 31 heavy (non-hydrogen) atoms. The minimum atomic E-state index is -3.49. The third kappa shape index (κ3) is 6.28. The van der Waals surface area contributed by atoms with Crippen LogP contribution in [0.5, 0.6) is 0 Å². The van der Waals surface area contributed by atoms with Gasteiger partial charge in [-0.2, -0.15) is 4.31 Å². The summed E-state index contributed by atoms with van der Waals surface area (Å²) in [6, 6.07) is 10.3. The molecule has 1 aliphatic carbocycles. The predicted molar refractivity (Wildman–Crippen MR) is 121 cm³/mol. The highest BCUT2D eigenvalue weighted by Gasteiger charge is 2.29. The zero-order valence-electron chi connectivity index (χ0n) is 17.7. The minimum Gasteiger partial charge on any atom is -0.334 e. The largest absolute Gasteiger partial charge is 0.334 e. The van der Waals surface area contributed by atoms with E-state index in [0.717, 1.165) is 40.3 Å². The van der Waals surface area contributed by atoms with Crippen molar-refractivity contribution in [1.82, 2.24) is 14.9 Å². The summed E-state index contributed by atoms with van der Waals surface area (Å²) in [4.78, 5) is 24.8. The number of rotatable bonds is 10. The Hall–Kier alpha value is -2.43. The summed E-state index contributed by atoms with van der Waals surface area (Å²) in [6.07, 6.45) is 1.89. The van der Waals surface area contributed by atoms with E-state index < -0.39 is 10.0 Å². The number of carbonyl (C=O) groups is 2. The van der Waals surface area contributed by atoms with E-state index in [1.165, 1.54) is 4.31 Å². The Bertz CT molecular complexity index is 1030. The van der Waals surface area contributed by atoms with Gasteiger partial charge in [0.05, 0.1) is 6.54 Å². The van der Waals surface area contributed by atoms with Crippen LogP contribution in [-0.2, 0) is 27.9 Å². The van der Waals surface area contributed by atoms with Crippen LogP contribution in [0.15, 0.2) is 40.6 Å². The van der Waals surface area contributed by atoms with Gasteiger partial charge in [0.2, 0.25) is 5.91 Å². The molecule has 0 aliphatic heterocycles. The molecule has 0 radical (unpaired) electrons. The van der Waals surface area contributed by atoms with E-state index in [-0.39, 0.29) is 28.6 Å². The molecule has 1 heterocycles. The number of urea groups is 1. The predicted octanol–water partition coefficient (Wildman–Crippen LogP) is 3.13. The molecule has 1 aliphatic rings. The van der Waals surface area contributed by atoms with Crippen molar-refractivity contribution in [3.63, 3.8) is 0 Å². The van der Waals surface area contributed by atoms with E-state index in [9.17, 15) is 18.0 Å². The maximum Gasteiger partial charge on any atom is 0.315 e. The van der Waals surface area contributed by atoms with E-state index >= 15 is 0 Å². The summed E-state index contributed by atoms with van der Waals surface area (Å²) in [5.41, 5.74) is 1.59. The molecule has 1 saturated carbocycles. The summed E-state index contributed by atoms with van der Waals surface area (Å²) in [6.45, 7) is 4.99. The van der Waals surface area contributed by atoms with Gasteiger partial charge in [-0.3, -0.25) is 4.79 Å². The molecule has 3 rings (SSSR count). The normalized spacial score (nSPS) is 13.8. The number of anilines is 1. The van der Waals surface area contributed by atoms with Crippen LogP contribution in [0.1, 0.15) is 37.1 Å². The molecule has 1 fully saturated rings.